The Morgan fingerprint density at radius 3 is 2.77 bits per heavy atom. The van der Waals surface area contributed by atoms with E-state index >= 15 is 0 Å². The molecule has 1 saturated carbocycles. The van der Waals surface area contributed by atoms with Crippen molar-refractivity contribution in [2.24, 2.45) is 11.8 Å². The molecule has 3 aliphatic heterocycles. The molecule has 4 aliphatic rings. The maximum absolute atomic E-state index is 13.3. The molecule has 1 aromatic rings. The number of halogens is 2. The predicted molar refractivity (Wildman–Crippen MR) is 125 cm³/mol. The van der Waals surface area contributed by atoms with Crippen molar-refractivity contribution in [1.29, 1.82) is 0 Å². The van der Waals surface area contributed by atoms with E-state index in [1.165, 1.54) is 25.0 Å². The molecule has 1 aliphatic carbocycles. The van der Waals surface area contributed by atoms with E-state index in [0.29, 0.717) is 18.4 Å². The molecule has 1 aromatic heterocycles. The van der Waals surface area contributed by atoms with Gasteiger partial charge in [-0.2, -0.15) is 5.10 Å². The van der Waals surface area contributed by atoms with Crippen LogP contribution in [0.5, 0.6) is 0 Å². The van der Waals surface area contributed by atoms with Gasteiger partial charge in [-0.05, 0) is 31.9 Å². The van der Waals surface area contributed by atoms with Gasteiger partial charge in [-0.3, -0.25) is 14.4 Å². The predicted octanol–water partition coefficient (Wildman–Crippen LogP) is 2.46. The number of nitrogens with zero attached hydrogens (tertiary/aromatic N) is 4. The van der Waals surface area contributed by atoms with Gasteiger partial charge in [0.25, 0.3) is 0 Å². The SMILES string of the molecule is Cl.Cl.O=C(C1CCCCC1)N1C[C@H]2COC[C@@H]1CN(Cc1cc3n(n1)CCCNC3)C2. The second-order valence-electron chi connectivity index (χ2n) is 9.46. The summed E-state index contributed by atoms with van der Waals surface area (Å²) in [5, 5.41) is 8.36. The summed E-state index contributed by atoms with van der Waals surface area (Å²) < 4.78 is 8.14. The first-order chi connectivity index (χ1) is 14.3. The van der Waals surface area contributed by atoms with Gasteiger partial charge in [0.2, 0.25) is 5.91 Å². The van der Waals surface area contributed by atoms with E-state index in [4.69, 9.17) is 9.84 Å². The fraction of sp³-hybridized carbons (Fsp3) is 0.818. The van der Waals surface area contributed by atoms with Gasteiger partial charge >= 0.3 is 0 Å². The second kappa shape index (κ2) is 11.3. The molecule has 0 aromatic carbocycles. The van der Waals surface area contributed by atoms with E-state index in [2.05, 4.69) is 25.9 Å². The summed E-state index contributed by atoms with van der Waals surface area (Å²) in [4.78, 5) is 18.0. The number of ether oxygens (including phenoxy) is 1. The summed E-state index contributed by atoms with van der Waals surface area (Å²) in [5.41, 5.74) is 2.46. The van der Waals surface area contributed by atoms with Crippen LogP contribution in [0.1, 0.15) is 49.9 Å². The van der Waals surface area contributed by atoms with Gasteiger partial charge in [0, 0.05) is 51.1 Å². The first kappa shape index (κ1) is 24.8. The van der Waals surface area contributed by atoms with Crippen molar-refractivity contribution in [3.8, 4) is 0 Å². The lowest BCUT2D eigenvalue weighted by Gasteiger charge is -2.34. The number of hydrogen-bond acceptors (Lipinski definition) is 5. The van der Waals surface area contributed by atoms with Crippen LogP contribution in [0.15, 0.2) is 6.07 Å². The highest BCUT2D eigenvalue weighted by atomic mass is 35.5. The maximum atomic E-state index is 13.3. The number of nitrogens with one attached hydrogen (secondary N) is 1. The molecule has 9 heteroatoms. The van der Waals surface area contributed by atoms with Crippen LogP contribution in [0.4, 0.5) is 0 Å². The van der Waals surface area contributed by atoms with Crippen LogP contribution in [-0.2, 0) is 29.2 Å². The third-order valence-electron chi connectivity index (χ3n) is 7.11. The Morgan fingerprint density at radius 1 is 1.10 bits per heavy atom. The van der Waals surface area contributed by atoms with Gasteiger partial charge in [0.05, 0.1) is 30.6 Å². The van der Waals surface area contributed by atoms with Crippen LogP contribution >= 0.6 is 24.8 Å². The fourth-order valence-electron chi connectivity index (χ4n) is 5.65. The Morgan fingerprint density at radius 2 is 1.94 bits per heavy atom. The summed E-state index contributed by atoms with van der Waals surface area (Å²) in [7, 11) is 0. The quantitative estimate of drug-likeness (QED) is 0.730. The van der Waals surface area contributed by atoms with Crippen molar-refractivity contribution in [2.45, 2.75) is 64.2 Å². The molecular weight excluding hydrogens is 437 g/mol. The van der Waals surface area contributed by atoms with Crippen LogP contribution < -0.4 is 5.32 Å². The van der Waals surface area contributed by atoms with Crippen molar-refractivity contribution in [2.75, 3.05) is 39.4 Å². The van der Waals surface area contributed by atoms with Crippen molar-refractivity contribution in [3.63, 3.8) is 0 Å². The zero-order chi connectivity index (χ0) is 19.6. The topological polar surface area (TPSA) is 62.6 Å². The van der Waals surface area contributed by atoms with E-state index in [0.717, 1.165) is 77.4 Å². The molecule has 2 bridgehead atoms. The Kier molecular flexibility index (Phi) is 9.05. The van der Waals surface area contributed by atoms with Crippen LogP contribution in [-0.4, -0.2) is 70.9 Å². The number of hydrogen-bond donors (Lipinski definition) is 1. The van der Waals surface area contributed by atoms with Crippen LogP contribution in [0.2, 0.25) is 0 Å². The number of carbonyl (C=O) groups excluding carboxylic acids is 1. The Hall–Kier alpha value is -0.860. The third-order valence-corrected chi connectivity index (χ3v) is 7.11. The molecule has 3 fully saturated rings. The molecule has 0 unspecified atom stereocenters. The normalized spacial score (nSPS) is 27.3. The number of aromatic nitrogens is 2. The lowest BCUT2D eigenvalue weighted by molar-refractivity contribution is -0.139. The number of fused-ring (bicyclic) bond motifs is 4. The highest BCUT2D eigenvalue weighted by molar-refractivity contribution is 5.85. The third kappa shape index (κ3) is 5.74. The molecule has 1 amide bonds. The fourth-order valence-corrected chi connectivity index (χ4v) is 5.65. The average Bonchev–Trinajstić information content (AvgIpc) is 2.89. The van der Waals surface area contributed by atoms with Crippen molar-refractivity contribution in [3.05, 3.63) is 17.5 Å². The lowest BCUT2D eigenvalue weighted by Crippen LogP contribution is -2.48. The Balaban J connectivity index is 0.00000136. The number of aryl methyl sites for hydroxylation is 1. The minimum absolute atomic E-state index is 0. The van der Waals surface area contributed by atoms with E-state index < -0.39 is 0 Å². The summed E-state index contributed by atoms with van der Waals surface area (Å²) in [6, 6.07) is 2.44. The molecule has 4 heterocycles. The van der Waals surface area contributed by atoms with Gasteiger partial charge in [-0.1, -0.05) is 19.3 Å². The number of carbonyl (C=O) groups is 1. The molecule has 7 nitrogen and oxygen atoms in total. The molecule has 2 atom stereocenters. The molecule has 0 spiro atoms. The van der Waals surface area contributed by atoms with Gasteiger partial charge < -0.3 is 15.0 Å². The first-order valence-corrected chi connectivity index (χ1v) is 11.6. The van der Waals surface area contributed by atoms with Crippen LogP contribution in [0.25, 0.3) is 0 Å². The van der Waals surface area contributed by atoms with Crippen LogP contribution in [0.3, 0.4) is 0 Å². The first-order valence-electron chi connectivity index (χ1n) is 11.6. The number of rotatable bonds is 3. The average molecular weight is 474 g/mol. The van der Waals surface area contributed by atoms with Crippen LogP contribution in [0, 0.1) is 11.8 Å². The maximum Gasteiger partial charge on any atom is 0.226 e. The smallest absolute Gasteiger partial charge is 0.226 e. The van der Waals surface area contributed by atoms with E-state index in [-0.39, 0.29) is 36.8 Å². The van der Waals surface area contributed by atoms with Gasteiger partial charge in [-0.25, -0.2) is 0 Å². The van der Waals surface area contributed by atoms with Gasteiger partial charge in [0.1, 0.15) is 0 Å². The minimum Gasteiger partial charge on any atom is -0.379 e. The van der Waals surface area contributed by atoms with Gasteiger partial charge in [0.15, 0.2) is 0 Å². The standard InChI is InChI=1S/C22H35N5O2.2ClH/c28-22(18-5-2-1-3-6-18)26-12-17-11-25(14-21(26)16-29-15-17)13-19-9-20-10-23-7-4-8-27(20)24-19;;/h9,17-18,21,23H,1-8,10-16H2;2*1H/t17-,21-;;/m0../s1. The van der Waals surface area contributed by atoms with Gasteiger partial charge in [-0.15, -0.1) is 24.8 Å². The Bertz CT molecular complexity index is 701. The van der Waals surface area contributed by atoms with E-state index in [1.54, 1.807) is 0 Å². The molecule has 1 N–H and O–H groups in total. The molecule has 31 heavy (non-hydrogen) atoms. The van der Waals surface area contributed by atoms with E-state index in [1.807, 2.05) is 0 Å². The van der Waals surface area contributed by atoms with E-state index in [9.17, 15) is 4.79 Å². The minimum atomic E-state index is 0. The second-order valence-corrected chi connectivity index (χ2v) is 9.46. The zero-order valence-electron chi connectivity index (χ0n) is 18.3. The molecule has 176 valence electrons. The largest absolute Gasteiger partial charge is 0.379 e. The molecule has 5 rings (SSSR count). The van der Waals surface area contributed by atoms with Crippen molar-refractivity contribution < 1.29 is 9.53 Å². The van der Waals surface area contributed by atoms with Crippen molar-refractivity contribution >= 4 is 30.7 Å². The Labute approximate surface area is 198 Å². The molecular formula is C22H37Cl2N5O2. The monoisotopic (exact) mass is 473 g/mol. The summed E-state index contributed by atoms with van der Waals surface area (Å²) in [6.07, 6.45) is 6.99. The zero-order valence-corrected chi connectivity index (χ0v) is 20.0. The lowest BCUT2D eigenvalue weighted by atomic mass is 9.88. The van der Waals surface area contributed by atoms with Crippen molar-refractivity contribution in [1.82, 2.24) is 24.9 Å². The highest BCUT2D eigenvalue weighted by Gasteiger charge is 2.38. The summed E-state index contributed by atoms with van der Waals surface area (Å²) >= 11 is 0. The molecule has 0 radical (unpaired) electrons. The summed E-state index contributed by atoms with van der Waals surface area (Å²) in [5.74, 6) is 1.04. The summed E-state index contributed by atoms with van der Waals surface area (Å²) in [6.45, 7) is 8.05. The molecule has 2 saturated heterocycles. The highest BCUT2D eigenvalue weighted by Crippen LogP contribution is 2.29. The number of amides is 1.